The zero-order valence-electron chi connectivity index (χ0n) is 6.56. The van der Waals surface area contributed by atoms with Crippen molar-refractivity contribution in [3.8, 4) is 0 Å². The standard InChI is InChI=1S/C8H13NOS/c10-7-5-8(6-9-7)1-3-11-4-2-8/h1-6H2,(H,9,10). The van der Waals surface area contributed by atoms with Gasteiger partial charge in [-0.15, -0.1) is 0 Å². The van der Waals surface area contributed by atoms with Crippen LogP contribution in [0.5, 0.6) is 0 Å². The fourth-order valence-electron chi connectivity index (χ4n) is 1.91. The van der Waals surface area contributed by atoms with E-state index in [1.807, 2.05) is 11.8 Å². The lowest BCUT2D eigenvalue weighted by atomic mass is 9.81. The second-order valence-corrected chi connectivity index (χ2v) is 4.79. The van der Waals surface area contributed by atoms with E-state index in [4.69, 9.17) is 0 Å². The van der Waals surface area contributed by atoms with E-state index in [0.29, 0.717) is 5.41 Å². The van der Waals surface area contributed by atoms with Gasteiger partial charge in [0.05, 0.1) is 0 Å². The zero-order valence-corrected chi connectivity index (χ0v) is 7.38. The van der Waals surface area contributed by atoms with Gasteiger partial charge in [0, 0.05) is 13.0 Å². The fraction of sp³-hybridized carbons (Fsp3) is 0.875. The van der Waals surface area contributed by atoms with E-state index in [2.05, 4.69) is 5.32 Å². The number of thioether (sulfide) groups is 1. The van der Waals surface area contributed by atoms with Crippen molar-refractivity contribution >= 4 is 17.7 Å². The molecule has 2 heterocycles. The molecule has 2 saturated heterocycles. The van der Waals surface area contributed by atoms with Gasteiger partial charge < -0.3 is 5.32 Å². The van der Waals surface area contributed by atoms with Crippen LogP contribution in [0.1, 0.15) is 19.3 Å². The second-order valence-electron chi connectivity index (χ2n) is 3.57. The summed E-state index contributed by atoms with van der Waals surface area (Å²) >= 11 is 2.02. The number of carbonyl (C=O) groups is 1. The molecule has 2 fully saturated rings. The van der Waals surface area contributed by atoms with Gasteiger partial charge in [-0.1, -0.05) is 0 Å². The number of nitrogens with one attached hydrogen (secondary N) is 1. The molecule has 3 heteroatoms. The Hall–Kier alpha value is -0.180. The van der Waals surface area contributed by atoms with Gasteiger partial charge in [0.1, 0.15) is 0 Å². The molecule has 0 aliphatic carbocycles. The maximum absolute atomic E-state index is 11.0. The third kappa shape index (κ3) is 1.39. The van der Waals surface area contributed by atoms with E-state index in [-0.39, 0.29) is 5.91 Å². The summed E-state index contributed by atoms with van der Waals surface area (Å²) in [5, 5.41) is 2.93. The topological polar surface area (TPSA) is 29.1 Å². The number of carbonyl (C=O) groups excluding carboxylic acids is 1. The lowest BCUT2D eigenvalue weighted by Crippen LogP contribution is -2.28. The average molecular weight is 171 g/mol. The lowest BCUT2D eigenvalue weighted by Gasteiger charge is -2.30. The normalized spacial score (nSPS) is 28.9. The Bertz CT molecular complexity index is 175. The Morgan fingerprint density at radius 1 is 1.36 bits per heavy atom. The summed E-state index contributed by atoms with van der Waals surface area (Å²) in [5.74, 6) is 2.75. The van der Waals surface area contributed by atoms with Gasteiger partial charge in [0.2, 0.25) is 5.91 Å². The first-order chi connectivity index (χ1) is 5.31. The van der Waals surface area contributed by atoms with Crippen LogP contribution in [0.2, 0.25) is 0 Å². The molecule has 2 aliphatic rings. The molecule has 0 saturated carbocycles. The maximum atomic E-state index is 11.0. The predicted molar refractivity (Wildman–Crippen MR) is 46.6 cm³/mol. The fourth-order valence-corrected chi connectivity index (χ4v) is 3.27. The molecule has 0 aromatic rings. The van der Waals surface area contributed by atoms with Crippen LogP contribution in [0.3, 0.4) is 0 Å². The molecule has 2 nitrogen and oxygen atoms in total. The van der Waals surface area contributed by atoms with E-state index in [9.17, 15) is 4.79 Å². The Morgan fingerprint density at radius 2 is 2.09 bits per heavy atom. The van der Waals surface area contributed by atoms with E-state index in [1.165, 1.54) is 24.3 Å². The van der Waals surface area contributed by atoms with Gasteiger partial charge in [-0.2, -0.15) is 11.8 Å². The predicted octanol–water partition coefficient (Wildman–Crippen LogP) is 1.02. The maximum Gasteiger partial charge on any atom is 0.220 e. The van der Waals surface area contributed by atoms with Gasteiger partial charge in [0.25, 0.3) is 0 Å². The van der Waals surface area contributed by atoms with Gasteiger partial charge in [-0.25, -0.2) is 0 Å². The van der Waals surface area contributed by atoms with Crippen LogP contribution in [-0.4, -0.2) is 24.0 Å². The molecule has 0 atom stereocenters. The van der Waals surface area contributed by atoms with Crippen molar-refractivity contribution in [2.45, 2.75) is 19.3 Å². The van der Waals surface area contributed by atoms with Crippen LogP contribution < -0.4 is 5.32 Å². The van der Waals surface area contributed by atoms with Crippen molar-refractivity contribution < 1.29 is 4.79 Å². The minimum absolute atomic E-state index is 0.261. The van der Waals surface area contributed by atoms with Crippen LogP contribution in [0.4, 0.5) is 0 Å². The van der Waals surface area contributed by atoms with E-state index in [1.54, 1.807) is 0 Å². The zero-order chi connectivity index (χ0) is 7.73. The summed E-state index contributed by atoms with van der Waals surface area (Å²) in [4.78, 5) is 11.0. The molecule has 2 aliphatic heterocycles. The molecule has 0 radical (unpaired) electrons. The Morgan fingerprint density at radius 3 is 2.64 bits per heavy atom. The molecule has 1 spiro atoms. The van der Waals surface area contributed by atoms with E-state index < -0.39 is 0 Å². The highest BCUT2D eigenvalue weighted by atomic mass is 32.2. The number of hydrogen-bond donors (Lipinski definition) is 1. The van der Waals surface area contributed by atoms with E-state index in [0.717, 1.165) is 13.0 Å². The van der Waals surface area contributed by atoms with Crippen molar-refractivity contribution in [3.05, 3.63) is 0 Å². The van der Waals surface area contributed by atoms with Crippen LogP contribution in [0, 0.1) is 5.41 Å². The van der Waals surface area contributed by atoms with Crippen LogP contribution in [-0.2, 0) is 4.79 Å². The quantitative estimate of drug-likeness (QED) is 0.589. The molecule has 0 bridgehead atoms. The number of hydrogen-bond acceptors (Lipinski definition) is 2. The summed E-state index contributed by atoms with van der Waals surface area (Å²) in [7, 11) is 0. The van der Waals surface area contributed by atoms with Crippen LogP contribution >= 0.6 is 11.8 Å². The monoisotopic (exact) mass is 171 g/mol. The van der Waals surface area contributed by atoms with E-state index >= 15 is 0 Å². The van der Waals surface area contributed by atoms with Crippen LogP contribution in [0.25, 0.3) is 0 Å². The Labute approximate surface area is 71.1 Å². The number of amides is 1. The molecular weight excluding hydrogens is 158 g/mol. The highest BCUT2D eigenvalue weighted by molar-refractivity contribution is 7.99. The minimum Gasteiger partial charge on any atom is -0.356 e. The first-order valence-corrected chi connectivity index (χ1v) is 5.31. The van der Waals surface area contributed by atoms with Gasteiger partial charge in [0.15, 0.2) is 0 Å². The molecule has 0 unspecified atom stereocenters. The summed E-state index contributed by atoms with van der Waals surface area (Å²) < 4.78 is 0. The Kier molecular flexibility index (Phi) is 1.83. The SMILES string of the molecule is O=C1CC2(CCSCC2)CN1. The van der Waals surface area contributed by atoms with Crippen molar-refractivity contribution in [2.24, 2.45) is 5.41 Å². The van der Waals surface area contributed by atoms with Gasteiger partial charge in [-0.05, 0) is 29.8 Å². The molecule has 2 rings (SSSR count). The first-order valence-electron chi connectivity index (χ1n) is 4.15. The highest BCUT2D eigenvalue weighted by Crippen LogP contribution is 2.39. The molecule has 11 heavy (non-hydrogen) atoms. The van der Waals surface area contributed by atoms with Gasteiger partial charge >= 0.3 is 0 Å². The molecule has 1 N–H and O–H groups in total. The van der Waals surface area contributed by atoms with Crippen molar-refractivity contribution in [1.82, 2.24) is 5.32 Å². The van der Waals surface area contributed by atoms with Crippen LogP contribution in [0.15, 0.2) is 0 Å². The van der Waals surface area contributed by atoms with Crippen molar-refractivity contribution in [3.63, 3.8) is 0 Å². The first kappa shape index (κ1) is 7.47. The Balaban J connectivity index is 2.03. The molecule has 0 aromatic heterocycles. The lowest BCUT2D eigenvalue weighted by molar-refractivity contribution is -0.119. The highest BCUT2D eigenvalue weighted by Gasteiger charge is 2.39. The third-order valence-corrected chi connectivity index (χ3v) is 3.74. The number of rotatable bonds is 0. The molecule has 62 valence electrons. The average Bonchev–Trinajstić information content (AvgIpc) is 2.34. The largest absolute Gasteiger partial charge is 0.356 e. The second kappa shape index (κ2) is 2.70. The van der Waals surface area contributed by atoms with Crippen molar-refractivity contribution in [2.75, 3.05) is 18.1 Å². The summed E-state index contributed by atoms with van der Waals surface area (Å²) in [6.45, 7) is 0.937. The summed E-state index contributed by atoms with van der Waals surface area (Å²) in [6.07, 6.45) is 3.25. The van der Waals surface area contributed by atoms with Gasteiger partial charge in [-0.3, -0.25) is 4.79 Å². The van der Waals surface area contributed by atoms with Crippen molar-refractivity contribution in [1.29, 1.82) is 0 Å². The minimum atomic E-state index is 0.261. The summed E-state index contributed by atoms with van der Waals surface area (Å²) in [6, 6.07) is 0. The third-order valence-electron chi connectivity index (χ3n) is 2.75. The molecular formula is C8H13NOS. The molecule has 1 amide bonds. The summed E-state index contributed by atoms with van der Waals surface area (Å²) in [5.41, 5.74) is 0.363. The smallest absolute Gasteiger partial charge is 0.220 e. The molecule has 0 aromatic carbocycles.